The van der Waals surface area contributed by atoms with Gasteiger partial charge in [0.2, 0.25) is 0 Å². The molecule has 0 spiro atoms. The molecule has 1 rings (SSSR count). The number of nitrogen functional groups attached to an aromatic ring is 1. The number of aliphatic hydroxyl groups excluding tert-OH is 1. The van der Waals surface area contributed by atoms with Gasteiger partial charge in [-0.05, 0) is 6.26 Å². The second-order valence-corrected chi connectivity index (χ2v) is 4.18. The maximum Gasteiger partial charge on any atom is 0.190 e. The van der Waals surface area contributed by atoms with Crippen molar-refractivity contribution in [2.24, 2.45) is 5.84 Å². The number of thioether (sulfide) groups is 2. The van der Waals surface area contributed by atoms with Gasteiger partial charge in [-0.1, -0.05) is 11.8 Å². The molecule has 1 aromatic rings. The molecule has 0 aliphatic carbocycles. The maximum atomic E-state index is 8.67. The van der Waals surface area contributed by atoms with E-state index in [1.165, 1.54) is 23.5 Å². The van der Waals surface area contributed by atoms with E-state index in [0.29, 0.717) is 16.7 Å². The molecule has 7 heteroatoms. The molecule has 0 aromatic carbocycles. The molecule has 0 fully saturated rings. The quantitative estimate of drug-likeness (QED) is 0.225. The number of nitrogens with zero attached hydrogens (tertiary/aromatic N) is 2. The molecule has 1 aromatic heterocycles. The van der Waals surface area contributed by atoms with Gasteiger partial charge in [-0.2, -0.15) is 0 Å². The van der Waals surface area contributed by atoms with Crippen molar-refractivity contribution in [3.63, 3.8) is 0 Å². The van der Waals surface area contributed by atoms with Gasteiger partial charge in [0.05, 0.1) is 6.61 Å². The lowest BCUT2D eigenvalue weighted by Gasteiger charge is -2.04. The summed E-state index contributed by atoms with van der Waals surface area (Å²) in [7, 11) is 0. The van der Waals surface area contributed by atoms with Crippen LogP contribution in [0.2, 0.25) is 0 Å². The summed E-state index contributed by atoms with van der Waals surface area (Å²) in [5.74, 6) is 6.47. The van der Waals surface area contributed by atoms with Crippen molar-refractivity contribution in [2.45, 2.75) is 10.2 Å². The van der Waals surface area contributed by atoms with Crippen LogP contribution in [0.15, 0.2) is 16.2 Å². The maximum absolute atomic E-state index is 8.67. The third kappa shape index (κ3) is 3.33. The molecule has 0 aliphatic rings. The first-order chi connectivity index (χ1) is 6.80. The van der Waals surface area contributed by atoms with E-state index in [1.54, 1.807) is 6.07 Å². The first-order valence-corrected chi connectivity index (χ1v) is 6.14. The first-order valence-electron chi connectivity index (χ1n) is 3.93. The van der Waals surface area contributed by atoms with Gasteiger partial charge in [-0.3, -0.25) is 0 Å². The minimum atomic E-state index is 0.134. The van der Waals surface area contributed by atoms with Crippen molar-refractivity contribution >= 4 is 29.3 Å². The van der Waals surface area contributed by atoms with E-state index in [2.05, 4.69) is 15.4 Å². The molecular weight excluding hydrogens is 220 g/mol. The molecular formula is C7H12N4OS2. The number of hydrogen-bond donors (Lipinski definition) is 3. The van der Waals surface area contributed by atoms with Gasteiger partial charge in [0.25, 0.3) is 0 Å². The molecule has 14 heavy (non-hydrogen) atoms. The third-order valence-electron chi connectivity index (χ3n) is 1.35. The second-order valence-electron chi connectivity index (χ2n) is 2.29. The number of rotatable bonds is 5. The molecule has 0 bridgehead atoms. The van der Waals surface area contributed by atoms with E-state index >= 15 is 0 Å². The number of hydrazine groups is 1. The standard InChI is InChI=1S/C7H12N4OS2/c1-13-7-9-5(11-8)4-6(10-7)14-3-2-12/h4,12H,2-3,8H2,1H3,(H,9,10,11). The van der Waals surface area contributed by atoms with Crippen molar-refractivity contribution in [3.8, 4) is 0 Å². The van der Waals surface area contributed by atoms with Crippen LogP contribution in [0.4, 0.5) is 5.82 Å². The summed E-state index contributed by atoms with van der Waals surface area (Å²) < 4.78 is 0. The summed E-state index contributed by atoms with van der Waals surface area (Å²) in [6, 6.07) is 1.75. The zero-order valence-electron chi connectivity index (χ0n) is 7.73. The number of aliphatic hydroxyl groups is 1. The second kappa shape index (κ2) is 6.07. The smallest absolute Gasteiger partial charge is 0.190 e. The van der Waals surface area contributed by atoms with Crippen molar-refractivity contribution in [3.05, 3.63) is 6.07 Å². The van der Waals surface area contributed by atoms with Crippen LogP contribution in [0.3, 0.4) is 0 Å². The lowest BCUT2D eigenvalue weighted by molar-refractivity contribution is 0.322. The topological polar surface area (TPSA) is 84.1 Å². The predicted octanol–water partition coefficient (Wildman–Crippen LogP) is 0.569. The zero-order chi connectivity index (χ0) is 10.4. The Bertz CT molecular complexity index is 275. The van der Waals surface area contributed by atoms with Crippen LogP contribution >= 0.6 is 23.5 Å². The van der Waals surface area contributed by atoms with Gasteiger partial charge < -0.3 is 10.5 Å². The molecule has 0 radical (unpaired) electrons. The molecule has 0 saturated carbocycles. The molecule has 0 atom stereocenters. The average molecular weight is 232 g/mol. The van der Waals surface area contributed by atoms with Crippen LogP contribution < -0.4 is 11.3 Å². The summed E-state index contributed by atoms with van der Waals surface area (Å²) in [6.45, 7) is 0.134. The lowest BCUT2D eigenvalue weighted by atomic mass is 10.6. The molecule has 0 aliphatic heterocycles. The Hall–Kier alpha value is -0.500. The third-order valence-corrected chi connectivity index (χ3v) is 2.79. The Morgan fingerprint density at radius 2 is 2.36 bits per heavy atom. The molecule has 0 saturated heterocycles. The number of nitrogens with one attached hydrogen (secondary N) is 1. The van der Waals surface area contributed by atoms with Gasteiger partial charge in [0.1, 0.15) is 10.8 Å². The summed E-state index contributed by atoms with van der Waals surface area (Å²) in [5.41, 5.74) is 2.48. The Morgan fingerprint density at radius 3 is 2.93 bits per heavy atom. The van der Waals surface area contributed by atoms with Gasteiger partial charge >= 0.3 is 0 Å². The fourth-order valence-electron chi connectivity index (χ4n) is 0.793. The average Bonchev–Trinajstić information content (AvgIpc) is 2.25. The minimum absolute atomic E-state index is 0.134. The Kier molecular flexibility index (Phi) is 5.02. The molecule has 1 heterocycles. The predicted molar refractivity (Wildman–Crippen MR) is 59.4 cm³/mol. The van der Waals surface area contributed by atoms with E-state index in [0.717, 1.165) is 5.03 Å². The van der Waals surface area contributed by atoms with E-state index in [4.69, 9.17) is 10.9 Å². The summed E-state index contributed by atoms with van der Waals surface area (Å²) >= 11 is 2.92. The molecule has 5 nitrogen and oxygen atoms in total. The SMILES string of the molecule is CSc1nc(NN)cc(SCCO)n1. The van der Waals surface area contributed by atoms with Gasteiger partial charge in [0, 0.05) is 11.8 Å². The van der Waals surface area contributed by atoms with Crippen molar-refractivity contribution in [2.75, 3.05) is 24.0 Å². The van der Waals surface area contributed by atoms with Crippen LogP contribution in [0.1, 0.15) is 0 Å². The number of aromatic nitrogens is 2. The number of hydrogen-bond acceptors (Lipinski definition) is 7. The fourth-order valence-corrected chi connectivity index (χ4v) is 1.88. The molecule has 4 N–H and O–H groups in total. The highest BCUT2D eigenvalue weighted by Gasteiger charge is 2.03. The molecule has 78 valence electrons. The first kappa shape index (κ1) is 11.6. The highest BCUT2D eigenvalue weighted by molar-refractivity contribution is 7.99. The van der Waals surface area contributed by atoms with Crippen molar-refractivity contribution in [1.82, 2.24) is 9.97 Å². The molecule has 0 amide bonds. The van der Waals surface area contributed by atoms with Gasteiger partial charge in [-0.15, -0.1) is 11.8 Å². The Labute approximate surface area is 90.9 Å². The van der Waals surface area contributed by atoms with E-state index in [9.17, 15) is 0 Å². The lowest BCUT2D eigenvalue weighted by Crippen LogP contribution is -2.09. The highest BCUT2D eigenvalue weighted by atomic mass is 32.2. The van der Waals surface area contributed by atoms with E-state index < -0.39 is 0 Å². The van der Waals surface area contributed by atoms with Crippen LogP contribution in [0.25, 0.3) is 0 Å². The monoisotopic (exact) mass is 232 g/mol. The zero-order valence-corrected chi connectivity index (χ0v) is 9.36. The molecule has 0 unspecified atom stereocenters. The summed E-state index contributed by atoms with van der Waals surface area (Å²) in [6.07, 6.45) is 1.90. The minimum Gasteiger partial charge on any atom is -0.396 e. The van der Waals surface area contributed by atoms with Crippen LogP contribution in [0, 0.1) is 0 Å². The van der Waals surface area contributed by atoms with Crippen LogP contribution in [-0.4, -0.2) is 33.7 Å². The van der Waals surface area contributed by atoms with E-state index in [1.807, 2.05) is 6.26 Å². The fraction of sp³-hybridized carbons (Fsp3) is 0.429. The normalized spacial score (nSPS) is 10.2. The van der Waals surface area contributed by atoms with E-state index in [-0.39, 0.29) is 6.61 Å². The van der Waals surface area contributed by atoms with Crippen molar-refractivity contribution < 1.29 is 5.11 Å². The summed E-state index contributed by atoms with van der Waals surface area (Å²) in [4.78, 5) is 8.36. The van der Waals surface area contributed by atoms with Crippen LogP contribution in [-0.2, 0) is 0 Å². The Morgan fingerprint density at radius 1 is 1.57 bits per heavy atom. The highest BCUT2D eigenvalue weighted by Crippen LogP contribution is 2.21. The van der Waals surface area contributed by atoms with Crippen LogP contribution in [0.5, 0.6) is 0 Å². The Balaban J connectivity index is 2.81. The summed E-state index contributed by atoms with van der Waals surface area (Å²) in [5, 5.41) is 10.1. The number of nitrogens with two attached hydrogens (primary N) is 1. The largest absolute Gasteiger partial charge is 0.396 e. The van der Waals surface area contributed by atoms with Gasteiger partial charge in [0.15, 0.2) is 5.16 Å². The van der Waals surface area contributed by atoms with Crippen molar-refractivity contribution in [1.29, 1.82) is 0 Å². The van der Waals surface area contributed by atoms with Gasteiger partial charge in [-0.25, -0.2) is 15.8 Å². The number of anilines is 1.